The Morgan fingerprint density at radius 2 is 2.29 bits per heavy atom. The Balaban J connectivity index is 2.43. The van der Waals surface area contributed by atoms with Gasteiger partial charge in [-0.3, -0.25) is 4.79 Å². The molecule has 0 saturated heterocycles. The molecule has 2 aromatic rings. The van der Waals surface area contributed by atoms with Gasteiger partial charge in [0.05, 0.1) is 0 Å². The van der Waals surface area contributed by atoms with Crippen molar-refractivity contribution in [2.24, 2.45) is 0 Å². The number of aromatic nitrogens is 1. The summed E-state index contributed by atoms with van der Waals surface area (Å²) in [6, 6.07) is 5.83. The molecule has 1 aromatic heterocycles. The molecular weight excluding hydrogens is 185 g/mol. The van der Waals surface area contributed by atoms with Gasteiger partial charge in [0.25, 0.3) is 0 Å². The molecule has 0 bridgehead atoms. The van der Waals surface area contributed by atoms with E-state index in [1.807, 2.05) is 0 Å². The molecule has 14 heavy (non-hydrogen) atoms. The van der Waals surface area contributed by atoms with Crippen molar-refractivity contribution in [2.45, 2.75) is 0 Å². The van der Waals surface area contributed by atoms with Crippen LogP contribution in [0.5, 0.6) is 0 Å². The number of hydrogen-bond acceptors (Lipinski definition) is 3. The van der Waals surface area contributed by atoms with Gasteiger partial charge in [0, 0.05) is 5.56 Å². The minimum absolute atomic E-state index is 0.198. The van der Waals surface area contributed by atoms with Crippen molar-refractivity contribution in [1.82, 2.24) is 4.98 Å². The molecule has 0 amide bonds. The van der Waals surface area contributed by atoms with E-state index in [2.05, 4.69) is 4.98 Å². The molecule has 0 aliphatic carbocycles. The fourth-order valence-electron chi connectivity index (χ4n) is 1.09. The van der Waals surface area contributed by atoms with Crippen LogP contribution >= 0.6 is 0 Å². The van der Waals surface area contributed by atoms with Crippen LogP contribution in [0.15, 0.2) is 34.9 Å². The maximum atomic E-state index is 12.8. The zero-order valence-electron chi connectivity index (χ0n) is 7.11. The Bertz CT molecular complexity index is 465. The first kappa shape index (κ1) is 8.62. The Morgan fingerprint density at radius 3 is 2.93 bits per heavy atom. The first-order valence-electron chi connectivity index (χ1n) is 3.96. The second-order valence-corrected chi connectivity index (χ2v) is 2.71. The fourth-order valence-corrected chi connectivity index (χ4v) is 1.09. The summed E-state index contributed by atoms with van der Waals surface area (Å²) >= 11 is 0. The standard InChI is InChI=1S/C10H6FNO2/c11-8-3-1-2-7(4-8)10-12-9(5-13)6-14-10/h1-6H. The maximum Gasteiger partial charge on any atom is 0.226 e. The van der Waals surface area contributed by atoms with Gasteiger partial charge in [0.1, 0.15) is 17.8 Å². The Morgan fingerprint density at radius 1 is 1.43 bits per heavy atom. The highest BCUT2D eigenvalue weighted by atomic mass is 19.1. The van der Waals surface area contributed by atoms with Crippen LogP contribution in [0, 0.1) is 5.82 Å². The van der Waals surface area contributed by atoms with Gasteiger partial charge in [0.2, 0.25) is 5.89 Å². The lowest BCUT2D eigenvalue weighted by Crippen LogP contribution is -1.81. The van der Waals surface area contributed by atoms with E-state index in [0.29, 0.717) is 11.8 Å². The molecule has 0 spiro atoms. The summed E-state index contributed by atoms with van der Waals surface area (Å²) in [6.07, 6.45) is 1.81. The van der Waals surface area contributed by atoms with E-state index in [1.165, 1.54) is 18.4 Å². The average molecular weight is 191 g/mol. The second-order valence-electron chi connectivity index (χ2n) is 2.71. The Labute approximate surface area is 79.2 Å². The van der Waals surface area contributed by atoms with E-state index >= 15 is 0 Å². The molecule has 0 fully saturated rings. The molecule has 0 aliphatic rings. The van der Waals surface area contributed by atoms with Gasteiger partial charge in [-0.2, -0.15) is 0 Å². The molecule has 1 aromatic carbocycles. The van der Waals surface area contributed by atoms with Crippen molar-refractivity contribution in [2.75, 3.05) is 0 Å². The number of nitrogens with zero attached hydrogens (tertiary/aromatic N) is 1. The highest BCUT2D eigenvalue weighted by Gasteiger charge is 2.06. The van der Waals surface area contributed by atoms with Crippen LogP contribution in [0.25, 0.3) is 11.5 Å². The predicted molar refractivity (Wildman–Crippen MR) is 47.3 cm³/mol. The van der Waals surface area contributed by atoms with Gasteiger partial charge in [-0.05, 0) is 18.2 Å². The fraction of sp³-hybridized carbons (Fsp3) is 0. The number of rotatable bonds is 2. The van der Waals surface area contributed by atoms with E-state index in [-0.39, 0.29) is 17.4 Å². The summed E-state index contributed by atoms with van der Waals surface area (Å²) in [5, 5.41) is 0. The second kappa shape index (κ2) is 3.41. The number of carbonyl (C=O) groups is 1. The van der Waals surface area contributed by atoms with Crippen molar-refractivity contribution in [3.05, 3.63) is 42.0 Å². The third-order valence-corrected chi connectivity index (χ3v) is 1.71. The SMILES string of the molecule is O=Cc1coc(-c2cccc(F)c2)n1. The number of carbonyl (C=O) groups excluding carboxylic acids is 1. The summed E-state index contributed by atoms with van der Waals surface area (Å²) in [7, 11) is 0. The highest BCUT2D eigenvalue weighted by molar-refractivity contribution is 5.72. The van der Waals surface area contributed by atoms with Crippen LogP contribution < -0.4 is 0 Å². The van der Waals surface area contributed by atoms with Gasteiger partial charge in [-0.1, -0.05) is 6.07 Å². The lowest BCUT2D eigenvalue weighted by molar-refractivity contribution is 0.111. The zero-order valence-corrected chi connectivity index (χ0v) is 7.11. The Hall–Kier alpha value is -1.97. The van der Waals surface area contributed by atoms with Crippen LogP contribution in [0.1, 0.15) is 10.5 Å². The lowest BCUT2D eigenvalue weighted by atomic mass is 10.2. The van der Waals surface area contributed by atoms with Gasteiger partial charge < -0.3 is 4.42 Å². The first-order valence-corrected chi connectivity index (χ1v) is 3.96. The molecular formula is C10H6FNO2. The number of oxazole rings is 1. The van der Waals surface area contributed by atoms with E-state index in [4.69, 9.17) is 4.42 Å². The molecule has 0 saturated carbocycles. The molecule has 70 valence electrons. The van der Waals surface area contributed by atoms with Crippen LogP contribution in [-0.4, -0.2) is 11.3 Å². The maximum absolute atomic E-state index is 12.8. The molecule has 0 aliphatic heterocycles. The van der Waals surface area contributed by atoms with Gasteiger partial charge >= 0.3 is 0 Å². The molecule has 3 nitrogen and oxygen atoms in total. The quantitative estimate of drug-likeness (QED) is 0.684. The van der Waals surface area contributed by atoms with Crippen LogP contribution in [0.2, 0.25) is 0 Å². The minimum Gasteiger partial charge on any atom is -0.444 e. The van der Waals surface area contributed by atoms with Crippen molar-refractivity contribution < 1.29 is 13.6 Å². The zero-order chi connectivity index (χ0) is 9.97. The summed E-state index contributed by atoms with van der Waals surface area (Å²) in [5.41, 5.74) is 0.711. The molecule has 0 radical (unpaired) electrons. The van der Waals surface area contributed by atoms with Crippen molar-refractivity contribution >= 4 is 6.29 Å². The highest BCUT2D eigenvalue weighted by Crippen LogP contribution is 2.18. The molecule has 0 atom stereocenters. The van der Waals surface area contributed by atoms with Crippen LogP contribution in [0.3, 0.4) is 0 Å². The summed E-state index contributed by atoms with van der Waals surface area (Å²) < 4.78 is 17.8. The van der Waals surface area contributed by atoms with Crippen molar-refractivity contribution in [1.29, 1.82) is 0 Å². The van der Waals surface area contributed by atoms with E-state index in [1.54, 1.807) is 12.1 Å². The monoisotopic (exact) mass is 191 g/mol. The summed E-state index contributed by atoms with van der Waals surface area (Å²) in [6.45, 7) is 0. The molecule has 1 heterocycles. The van der Waals surface area contributed by atoms with Crippen molar-refractivity contribution in [3.63, 3.8) is 0 Å². The number of aldehydes is 1. The molecule has 0 unspecified atom stereocenters. The van der Waals surface area contributed by atoms with E-state index in [0.717, 1.165) is 0 Å². The van der Waals surface area contributed by atoms with Crippen LogP contribution in [0.4, 0.5) is 4.39 Å². The van der Waals surface area contributed by atoms with Crippen LogP contribution in [-0.2, 0) is 0 Å². The molecule has 0 N–H and O–H groups in total. The smallest absolute Gasteiger partial charge is 0.226 e. The topological polar surface area (TPSA) is 43.1 Å². The van der Waals surface area contributed by atoms with E-state index < -0.39 is 0 Å². The summed E-state index contributed by atoms with van der Waals surface area (Å²) in [4.78, 5) is 14.2. The number of halogens is 1. The van der Waals surface area contributed by atoms with Crippen molar-refractivity contribution in [3.8, 4) is 11.5 Å². The lowest BCUT2D eigenvalue weighted by Gasteiger charge is -1.93. The van der Waals surface area contributed by atoms with Gasteiger partial charge in [-0.25, -0.2) is 9.37 Å². The minimum atomic E-state index is -0.367. The summed E-state index contributed by atoms with van der Waals surface area (Å²) in [5.74, 6) is -0.125. The normalized spacial score (nSPS) is 10.1. The van der Waals surface area contributed by atoms with Gasteiger partial charge in [0.15, 0.2) is 6.29 Å². The van der Waals surface area contributed by atoms with Gasteiger partial charge in [-0.15, -0.1) is 0 Å². The molecule has 2 rings (SSSR count). The average Bonchev–Trinajstić information content (AvgIpc) is 2.66. The third kappa shape index (κ3) is 1.54. The largest absolute Gasteiger partial charge is 0.444 e. The number of benzene rings is 1. The number of hydrogen-bond donors (Lipinski definition) is 0. The third-order valence-electron chi connectivity index (χ3n) is 1.71. The van der Waals surface area contributed by atoms with E-state index in [9.17, 15) is 9.18 Å². The predicted octanol–water partition coefficient (Wildman–Crippen LogP) is 2.29. The first-order chi connectivity index (χ1) is 6.79. The molecule has 4 heteroatoms. The Kier molecular flexibility index (Phi) is 2.10.